The van der Waals surface area contributed by atoms with Crippen LogP contribution in [0.3, 0.4) is 0 Å². The lowest BCUT2D eigenvalue weighted by atomic mass is 9.90. The number of nitrogens with one attached hydrogen (secondary N) is 1. The molecule has 0 aliphatic heterocycles. The highest BCUT2D eigenvalue weighted by molar-refractivity contribution is 6.02. The van der Waals surface area contributed by atoms with Crippen LogP contribution in [-0.2, 0) is 4.79 Å². The molecule has 1 saturated carbocycles. The first-order valence-electron chi connectivity index (χ1n) is 6.96. The second-order valence-electron chi connectivity index (χ2n) is 5.45. The van der Waals surface area contributed by atoms with E-state index in [4.69, 9.17) is 0 Å². The van der Waals surface area contributed by atoms with Crippen molar-refractivity contribution in [3.63, 3.8) is 0 Å². The predicted octanol–water partition coefficient (Wildman–Crippen LogP) is 2.87. The molecule has 0 spiro atoms. The highest BCUT2D eigenvalue weighted by Crippen LogP contribution is 2.29. The minimum absolute atomic E-state index is 0.0436. The molecule has 1 aliphatic rings. The molecule has 0 saturated heterocycles. The highest BCUT2D eigenvalue weighted by atomic mass is 16.2. The van der Waals surface area contributed by atoms with Crippen molar-refractivity contribution < 1.29 is 9.59 Å². The van der Waals surface area contributed by atoms with E-state index in [9.17, 15) is 9.59 Å². The van der Waals surface area contributed by atoms with E-state index in [0.29, 0.717) is 5.56 Å². The number of amides is 1. The number of carbonyl (C=O) groups is 2. The fraction of sp³-hybridized carbons (Fsp3) is 0.500. The molecule has 3 nitrogen and oxygen atoms in total. The SMILES string of the molecule is CC(=O)NC(C(=O)c1ccc(C)cc1)C1CCCC1. The van der Waals surface area contributed by atoms with Crippen LogP contribution in [0, 0.1) is 12.8 Å². The van der Waals surface area contributed by atoms with Gasteiger partial charge in [0.05, 0.1) is 6.04 Å². The molecule has 0 bridgehead atoms. The van der Waals surface area contributed by atoms with Crippen LogP contribution in [0.15, 0.2) is 24.3 Å². The topological polar surface area (TPSA) is 46.2 Å². The second kappa shape index (κ2) is 6.00. The van der Waals surface area contributed by atoms with Crippen molar-refractivity contribution >= 4 is 11.7 Å². The molecule has 3 heteroatoms. The standard InChI is InChI=1S/C16H21NO2/c1-11-7-9-14(10-8-11)16(19)15(17-12(2)18)13-5-3-4-6-13/h7-10,13,15H,3-6H2,1-2H3,(H,17,18). The summed E-state index contributed by atoms with van der Waals surface area (Å²) in [5.41, 5.74) is 1.82. The molecule has 1 aliphatic carbocycles. The normalized spacial score (nSPS) is 17.2. The number of carbonyl (C=O) groups excluding carboxylic acids is 2. The second-order valence-corrected chi connectivity index (χ2v) is 5.45. The molecule has 1 aromatic carbocycles. The van der Waals surface area contributed by atoms with Crippen molar-refractivity contribution in [2.45, 2.75) is 45.6 Å². The molecule has 1 unspecified atom stereocenters. The Labute approximate surface area is 114 Å². The molecule has 102 valence electrons. The highest BCUT2D eigenvalue weighted by Gasteiger charge is 2.31. The summed E-state index contributed by atoms with van der Waals surface area (Å²) >= 11 is 0. The van der Waals surface area contributed by atoms with E-state index in [1.165, 1.54) is 6.92 Å². The van der Waals surface area contributed by atoms with E-state index in [-0.39, 0.29) is 23.7 Å². The molecule has 2 rings (SSSR count). The van der Waals surface area contributed by atoms with Gasteiger partial charge in [-0.05, 0) is 25.7 Å². The van der Waals surface area contributed by atoms with Crippen LogP contribution < -0.4 is 5.32 Å². The van der Waals surface area contributed by atoms with Crippen molar-refractivity contribution in [1.82, 2.24) is 5.32 Å². The number of hydrogen-bond acceptors (Lipinski definition) is 2. The summed E-state index contributed by atoms with van der Waals surface area (Å²) in [6.45, 7) is 3.47. The lowest BCUT2D eigenvalue weighted by Crippen LogP contribution is -2.44. The first-order chi connectivity index (χ1) is 9.08. The average molecular weight is 259 g/mol. The van der Waals surface area contributed by atoms with E-state index in [1.54, 1.807) is 0 Å². The first-order valence-corrected chi connectivity index (χ1v) is 6.96. The molecule has 1 amide bonds. The largest absolute Gasteiger partial charge is 0.346 e. The van der Waals surface area contributed by atoms with Gasteiger partial charge in [-0.15, -0.1) is 0 Å². The maximum Gasteiger partial charge on any atom is 0.217 e. The van der Waals surface area contributed by atoms with Gasteiger partial charge in [-0.2, -0.15) is 0 Å². The molecular weight excluding hydrogens is 238 g/mol. The van der Waals surface area contributed by atoms with Gasteiger partial charge in [0.1, 0.15) is 0 Å². The van der Waals surface area contributed by atoms with Crippen LogP contribution in [-0.4, -0.2) is 17.7 Å². The molecule has 0 radical (unpaired) electrons. The van der Waals surface area contributed by atoms with E-state index < -0.39 is 0 Å². The Kier molecular flexibility index (Phi) is 4.35. The van der Waals surface area contributed by atoms with Crippen LogP contribution in [0.5, 0.6) is 0 Å². The quantitative estimate of drug-likeness (QED) is 0.845. The van der Waals surface area contributed by atoms with Crippen molar-refractivity contribution in [3.8, 4) is 0 Å². The minimum atomic E-state index is -0.359. The zero-order chi connectivity index (χ0) is 13.8. The number of rotatable bonds is 4. The molecule has 0 aromatic heterocycles. The third-order valence-corrected chi connectivity index (χ3v) is 3.85. The van der Waals surface area contributed by atoms with Gasteiger partial charge in [0.25, 0.3) is 0 Å². The number of hydrogen-bond donors (Lipinski definition) is 1. The molecule has 1 atom stereocenters. The Morgan fingerprint density at radius 1 is 1.16 bits per heavy atom. The summed E-state index contributed by atoms with van der Waals surface area (Å²) in [6, 6.07) is 7.21. The summed E-state index contributed by atoms with van der Waals surface area (Å²) in [5, 5.41) is 2.85. The lowest BCUT2D eigenvalue weighted by molar-refractivity contribution is -0.119. The minimum Gasteiger partial charge on any atom is -0.346 e. The van der Waals surface area contributed by atoms with Crippen molar-refractivity contribution in [2.75, 3.05) is 0 Å². The third-order valence-electron chi connectivity index (χ3n) is 3.85. The maximum absolute atomic E-state index is 12.6. The zero-order valence-electron chi connectivity index (χ0n) is 11.6. The van der Waals surface area contributed by atoms with E-state index in [2.05, 4.69) is 5.32 Å². The van der Waals surface area contributed by atoms with Gasteiger partial charge in [0, 0.05) is 12.5 Å². The summed E-state index contributed by atoms with van der Waals surface area (Å²) in [6.07, 6.45) is 4.37. The van der Waals surface area contributed by atoms with Crippen LogP contribution in [0.2, 0.25) is 0 Å². The summed E-state index contributed by atoms with van der Waals surface area (Å²) in [7, 11) is 0. The smallest absolute Gasteiger partial charge is 0.217 e. The van der Waals surface area contributed by atoms with Gasteiger partial charge in [0.2, 0.25) is 5.91 Å². The Hall–Kier alpha value is -1.64. The van der Waals surface area contributed by atoms with Crippen molar-refractivity contribution in [2.24, 2.45) is 5.92 Å². The van der Waals surface area contributed by atoms with E-state index >= 15 is 0 Å². The molecule has 1 N–H and O–H groups in total. The number of benzene rings is 1. The Morgan fingerprint density at radius 2 is 1.74 bits per heavy atom. The number of ketones is 1. The van der Waals surface area contributed by atoms with E-state index in [1.807, 2.05) is 31.2 Å². The molecule has 0 heterocycles. The maximum atomic E-state index is 12.6. The van der Waals surface area contributed by atoms with Gasteiger partial charge >= 0.3 is 0 Å². The van der Waals surface area contributed by atoms with Crippen molar-refractivity contribution in [3.05, 3.63) is 35.4 Å². The number of Topliss-reactive ketones (excluding diaryl/α,β-unsaturated/α-hetero) is 1. The third kappa shape index (κ3) is 3.43. The van der Waals surface area contributed by atoms with Crippen LogP contribution in [0.4, 0.5) is 0 Å². The van der Waals surface area contributed by atoms with Gasteiger partial charge in [0.15, 0.2) is 5.78 Å². The monoisotopic (exact) mass is 259 g/mol. The summed E-state index contributed by atoms with van der Waals surface area (Å²) < 4.78 is 0. The van der Waals surface area contributed by atoms with Gasteiger partial charge < -0.3 is 5.32 Å². The molecule has 1 fully saturated rings. The van der Waals surface area contributed by atoms with Crippen LogP contribution >= 0.6 is 0 Å². The Bertz CT molecular complexity index is 458. The molecule has 1 aromatic rings. The zero-order valence-corrected chi connectivity index (χ0v) is 11.6. The lowest BCUT2D eigenvalue weighted by Gasteiger charge is -2.23. The molecular formula is C16H21NO2. The van der Waals surface area contributed by atoms with Crippen molar-refractivity contribution in [1.29, 1.82) is 0 Å². The Balaban J connectivity index is 2.18. The summed E-state index contributed by atoms with van der Waals surface area (Å²) in [5.74, 6) is 0.206. The molecule has 19 heavy (non-hydrogen) atoms. The Morgan fingerprint density at radius 3 is 2.26 bits per heavy atom. The van der Waals surface area contributed by atoms with Gasteiger partial charge in [-0.25, -0.2) is 0 Å². The van der Waals surface area contributed by atoms with Crippen LogP contribution in [0.25, 0.3) is 0 Å². The van der Waals surface area contributed by atoms with Crippen LogP contribution in [0.1, 0.15) is 48.5 Å². The number of aryl methyl sites for hydroxylation is 1. The predicted molar refractivity (Wildman–Crippen MR) is 75.1 cm³/mol. The van der Waals surface area contributed by atoms with Gasteiger partial charge in [-0.3, -0.25) is 9.59 Å². The first kappa shape index (κ1) is 13.8. The van der Waals surface area contributed by atoms with E-state index in [0.717, 1.165) is 31.2 Å². The fourth-order valence-corrected chi connectivity index (χ4v) is 2.80. The van der Waals surface area contributed by atoms with Gasteiger partial charge in [-0.1, -0.05) is 42.7 Å². The summed E-state index contributed by atoms with van der Waals surface area (Å²) in [4.78, 5) is 23.9. The average Bonchev–Trinajstić information content (AvgIpc) is 2.89. The fourth-order valence-electron chi connectivity index (χ4n) is 2.80.